The van der Waals surface area contributed by atoms with Crippen molar-refractivity contribution in [2.24, 2.45) is 5.92 Å². The van der Waals surface area contributed by atoms with Crippen molar-refractivity contribution in [2.45, 2.75) is 46.0 Å². The summed E-state index contributed by atoms with van der Waals surface area (Å²) in [6.07, 6.45) is 6.57. The third kappa shape index (κ3) is 3.59. The van der Waals surface area contributed by atoms with Crippen molar-refractivity contribution >= 4 is 11.4 Å². The fraction of sp³-hybridized carbons (Fsp3) is 0.647. The fourth-order valence-corrected chi connectivity index (χ4v) is 3.19. The molecule has 1 aromatic carbocycles. The largest absolute Gasteiger partial charge is 0.492 e. The van der Waals surface area contributed by atoms with Crippen molar-refractivity contribution in [3.05, 3.63) is 18.2 Å². The molecule has 1 aliphatic heterocycles. The van der Waals surface area contributed by atoms with Gasteiger partial charge < -0.3 is 15.4 Å². The molecule has 1 aromatic rings. The first-order chi connectivity index (χ1) is 9.76. The summed E-state index contributed by atoms with van der Waals surface area (Å²) >= 11 is 0. The summed E-state index contributed by atoms with van der Waals surface area (Å²) in [7, 11) is 0. The van der Waals surface area contributed by atoms with Crippen LogP contribution in [-0.2, 0) is 0 Å². The van der Waals surface area contributed by atoms with E-state index in [0.29, 0.717) is 6.61 Å². The van der Waals surface area contributed by atoms with Gasteiger partial charge in [0.2, 0.25) is 0 Å². The number of nitrogen functional groups attached to an aromatic ring is 1. The van der Waals surface area contributed by atoms with Gasteiger partial charge in [0, 0.05) is 13.1 Å². The number of nitrogens with zero attached hydrogens (tertiary/aromatic N) is 1. The average molecular weight is 276 g/mol. The molecule has 1 unspecified atom stereocenters. The van der Waals surface area contributed by atoms with E-state index in [1.165, 1.54) is 32.1 Å². The molecule has 0 amide bonds. The smallest absolute Gasteiger partial charge is 0.144 e. The molecule has 1 atom stereocenters. The lowest BCUT2D eigenvalue weighted by Crippen LogP contribution is -2.25. The predicted molar refractivity (Wildman–Crippen MR) is 86.5 cm³/mol. The number of nitrogens with two attached hydrogens (primary N) is 1. The van der Waals surface area contributed by atoms with E-state index in [2.05, 4.69) is 17.9 Å². The van der Waals surface area contributed by atoms with Crippen molar-refractivity contribution < 1.29 is 4.74 Å². The van der Waals surface area contributed by atoms with Crippen LogP contribution in [-0.4, -0.2) is 19.7 Å². The van der Waals surface area contributed by atoms with E-state index in [9.17, 15) is 0 Å². The number of hydrogen-bond donors (Lipinski definition) is 1. The van der Waals surface area contributed by atoms with Gasteiger partial charge in [0.25, 0.3) is 0 Å². The molecule has 3 heteroatoms. The zero-order valence-electron chi connectivity index (χ0n) is 12.9. The second-order valence-electron chi connectivity index (χ2n) is 5.69. The Hall–Kier alpha value is -1.38. The summed E-state index contributed by atoms with van der Waals surface area (Å²) in [5.41, 5.74) is 8.22. The van der Waals surface area contributed by atoms with Crippen LogP contribution < -0.4 is 15.4 Å². The van der Waals surface area contributed by atoms with Crippen molar-refractivity contribution in [1.29, 1.82) is 0 Å². The van der Waals surface area contributed by atoms with E-state index in [-0.39, 0.29) is 0 Å². The standard InChI is InChI=1S/C17H28N2O/c1-3-7-14-8-6-12-19(13-11-14)15-9-5-10-16(17(15)18)20-4-2/h5,9-10,14H,3-4,6-8,11-13,18H2,1-2H3. The van der Waals surface area contributed by atoms with Crippen LogP contribution in [0.2, 0.25) is 0 Å². The molecule has 1 saturated heterocycles. The Morgan fingerprint density at radius 1 is 1.25 bits per heavy atom. The lowest BCUT2D eigenvalue weighted by Gasteiger charge is -2.25. The summed E-state index contributed by atoms with van der Waals surface area (Å²) in [6, 6.07) is 6.13. The molecule has 0 radical (unpaired) electrons. The maximum absolute atomic E-state index is 6.28. The summed E-state index contributed by atoms with van der Waals surface area (Å²) in [5.74, 6) is 1.71. The average Bonchev–Trinajstić information content (AvgIpc) is 2.68. The molecule has 0 saturated carbocycles. The molecule has 0 aromatic heterocycles. The van der Waals surface area contributed by atoms with Gasteiger partial charge in [-0.25, -0.2) is 0 Å². The lowest BCUT2D eigenvalue weighted by atomic mass is 9.96. The highest BCUT2D eigenvalue weighted by molar-refractivity contribution is 5.74. The van der Waals surface area contributed by atoms with Crippen LogP contribution in [0.5, 0.6) is 5.75 Å². The first kappa shape index (κ1) is 15.0. The van der Waals surface area contributed by atoms with E-state index in [1.807, 2.05) is 19.1 Å². The molecular formula is C17H28N2O. The molecule has 3 nitrogen and oxygen atoms in total. The van der Waals surface area contributed by atoms with E-state index < -0.39 is 0 Å². The van der Waals surface area contributed by atoms with Crippen LogP contribution in [0.25, 0.3) is 0 Å². The number of benzene rings is 1. The van der Waals surface area contributed by atoms with E-state index in [1.54, 1.807) is 0 Å². The van der Waals surface area contributed by atoms with Gasteiger partial charge in [0.15, 0.2) is 0 Å². The lowest BCUT2D eigenvalue weighted by molar-refractivity contribution is 0.342. The Kier molecular flexibility index (Phi) is 5.57. The van der Waals surface area contributed by atoms with Gasteiger partial charge in [-0.2, -0.15) is 0 Å². The molecule has 2 rings (SSSR count). The zero-order valence-corrected chi connectivity index (χ0v) is 12.9. The highest BCUT2D eigenvalue weighted by Crippen LogP contribution is 2.34. The van der Waals surface area contributed by atoms with E-state index >= 15 is 0 Å². The minimum absolute atomic E-state index is 0.659. The number of rotatable bonds is 5. The van der Waals surface area contributed by atoms with Gasteiger partial charge in [-0.05, 0) is 44.2 Å². The number of anilines is 2. The molecule has 1 fully saturated rings. The minimum Gasteiger partial charge on any atom is -0.492 e. The summed E-state index contributed by atoms with van der Waals surface area (Å²) < 4.78 is 5.61. The number of hydrogen-bond acceptors (Lipinski definition) is 3. The van der Waals surface area contributed by atoms with Crippen LogP contribution in [0.1, 0.15) is 46.0 Å². The van der Waals surface area contributed by atoms with Gasteiger partial charge in [-0.15, -0.1) is 0 Å². The molecule has 0 aliphatic carbocycles. The fourth-order valence-electron chi connectivity index (χ4n) is 3.19. The summed E-state index contributed by atoms with van der Waals surface area (Å²) in [6.45, 7) is 7.16. The van der Waals surface area contributed by atoms with Gasteiger partial charge in [0.05, 0.1) is 18.0 Å². The quantitative estimate of drug-likeness (QED) is 0.824. The Morgan fingerprint density at radius 3 is 2.85 bits per heavy atom. The Bertz CT molecular complexity index is 419. The van der Waals surface area contributed by atoms with Crippen LogP contribution >= 0.6 is 0 Å². The Labute approximate surface area is 123 Å². The monoisotopic (exact) mass is 276 g/mol. The highest BCUT2D eigenvalue weighted by atomic mass is 16.5. The van der Waals surface area contributed by atoms with Crippen molar-refractivity contribution in [1.82, 2.24) is 0 Å². The van der Waals surface area contributed by atoms with E-state index in [4.69, 9.17) is 10.5 Å². The molecule has 112 valence electrons. The van der Waals surface area contributed by atoms with Crippen LogP contribution in [0.4, 0.5) is 11.4 Å². The molecule has 1 aliphatic rings. The SMILES string of the molecule is CCCC1CCCN(c2cccc(OCC)c2N)CC1. The molecule has 20 heavy (non-hydrogen) atoms. The Balaban J connectivity index is 2.09. The number of ether oxygens (including phenoxy) is 1. The van der Waals surface area contributed by atoms with Crippen LogP contribution in [0, 0.1) is 5.92 Å². The molecule has 0 bridgehead atoms. The van der Waals surface area contributed by atoms with Gasteiger partial charge >= 0.3 is 0 Å². The van der Waals surface area contributed by atoms with Crippen LogP contribution in [0.3, 0.4) is 0 Å². The molecular weight excluding hydrogens is 248 g/mol. The molecule has 2 N–H and O–H groups in total. The summed E-state index contributed by atoms with van der Waals surface area (Å²) in [5, 5.41) is 0. The minimum atomic E-state index is 0.659. The second kappa shape index (κ2) is 7.41. The first-order valence-corrected chi connectivity index (χ1v) is 8.02. The molecule has 1 heterocycles. The van der Waals surface area contributed by atoms with Crippen molar-refractivity contribution in [3.8, 4) is 5.75 Å². The summed E-state index contributed by atoms with van der Waals surface area (Å²) in [4.78, 5) is 2.44. The van der Waals surface area contributed by atoms with Gasteiger partial charge in [-0.1, -0.05) is 25.8 Å². The number of para-hydroxylation sites is 1. The third-order valence-corrected chi connectivity index (χ3v) is 4.23. The van der Waals surface area contributed by atoms with Crippen molar-refractivity contribution in [3.63, 3.8) is 0 Å². The van der Waals surface area contributed by atoms with Crippen molar-refractivity contribution in [2.75, 3.05) is 30.3 Å². The second-order valence-corrected chi connectivity index (χ2v) is 5.69. The maximum atomic E-state index is 6.28. The highest BCUT2D eigenvalue weighted by Gasteiger charge is 2.19. The third-order valence-electron chi connectivity index (χ3n) is 4.23. The van der Waals surface area contributed by atoms with E-state index in [0.717, 1.165) is 36.1 Å². The first-order valence-electron chi connectivity index (χ1n) is 8.02. The Morgan fingerprint density at radius 2 is 2.10 bits per heavy atom. The van der Waals surface area contributed by atoms with Gasteiger partial charge in [-0.3, -0.25) is 0 Å². The van der Waals surface area contributed by atoms with Crippen LogP contribution in [0.15, 0.2) is 18.2 Å². The van der Waals surface area contributed by atoms with Gasteiger partial charge in [0.1, 0.15) is 5.75 Å². The normalized spacial score (nSPS) is 19.7. The topological polar surface area (TPSA) is 38.5 Å². The molecule has 0 spiro atoms. The predicted octanol–water partition coefficient (Wildman–Crippen LogP) is 4.07. The zero-order chi connectivity index (χ0) is 14.4. The maximum Gasteiger partial charge on any atom is 0.144 e.